The van der Waals surface area contributed by atoms with E-state index in [9.17, 15) is 9.90 Å². The quantitative estimate of drug-likeness (QED) is 0.762. The number of benzene rings is 1. The maximum Gasteiger partial charge on any atom is 0.196 e. The number of carbonyl (C=O) groups is 1. The van der Waals surface area contributed by atoms with E-state index in [4.69, 9.17) is 0 Å². The lowest BCUT2D eigenvalue weighted by Gasteiger charge is -2.10. The maximum atomic E-state index is 10.4. The molecule has 0 saturated carbocycles. The Morgan fingerprint density at radius 3 is 2.11 bits per heavy atom. The lowest BCUT2D eigenvalue weighted by atomic mass is 10.3. The van der Waals surface area contributed by atoms with Gasteiger partial charge >= 0.3 is 0 Å². The second-order valence-corrected chi connectivity index (χ2v) is 3.77. The number of hydrogen-bond donors (Lipinski definition) is 0. The zero-order valence-corrected chi connectivity index (χ0v) is 10.4. The predicted octanol–water partition coefficient (Wildman–Crippen LogP) is 2.79. The first-order chi connectivity index (χ1) is 8.63. The molecule has 0 amide bonds. The van der Waals surface area contributed by atoms with Gasteiger partial charge in [-0.05, 0) is 24.3 Å². The molecular weight excluding hydrogens is 228 g/mol. The van der Waals surface area contributed by atoms with Gasteiger partial charge in [0.15, 0.2) is 12.0 Å². The van der Waals surface area contributed by atoms with E-state index in [2.05, 4.69) is 22.0 Å². The van der Waals surface area contributed by atoms with Gasteiger partial charge in [-0.15, -0.1) is 0 Å². The van der Waals surface area contributed by atoms with Crippen molar-refractivity contribution in [1.29, 1.82) is 0 Å². The van der Waals surface area contributed by atoms with Crippen molar-refractivity contribution in [2.24, 2.45) is 0 Å². The first-order valence-electron chi connectivity index (χ1n) is 5.44. The van der Waals surface area contributed by atoms with Gasteiger partial charge in [0.05, 0.1) is 6.20 Å². The Morgan fingerprint density at radius 1 is 1.06 bits per heavy atom. The summed E-state index contributed by atoms with van der Waals surface area (Å²) in [7, 11) is 4.07. The highest BCUT2D eigenvalue weighted by atomic mass is 16.3. The summed E-state index contributed by atoms with van der Waals surface area (Å²) >= 11 is 0. The van der Waals surface area contributed by atoms with E-state index in [1.807, 2.05) is 32.3 Å². The van der Waals surface area contributed by atoms with Crippen LogP contribution >= 0.6 is 0 Å². The van der Waals surface area contributed by atoms with Crippen molar-refractivity contribution < 1.29 is 9.90 Å². The summed E-state index contributed by atoms with van der Waals surface area (Å²) in [5.74, 6) is -0.180. The van der Waals surface area contributed by atoms with Crippen LogP contribution in [0.1, 0.15) is 10.5 Å². The van der Waals surface area contributed by atoms with Crippen LogP contribution < -0.4 is 4.90 Å². The average Bonchev–Trinajstić information content (AvgIpc) is 2.41. The largest absolute Gasteiger partial charge is 0.378 e. The zero-order chi connectivity index (χ0) is 13.4. The summed E-state index contributed by atoms with van der Waals surface area (Å²) in [4.78, 5) is 15.6. The summed E-state index contributed by atoms with van der Waals surface area (Å²) in [6, 6.07) is 12.9. The number of carbonyl (C=O) groups excluding carboxylic acids is 1. The van der Waals surface area contributed by atoms with Gasteiger partial charge in [-0.1, -0.05) is 18.2 Å². The first-order valence-corrected chi connectivity index (χ1v) is 5.44. The fraction of sp³-hybridized carbons (Fsp3) is 0.143. The number of aldehydes is 1. The molecule has 0 aliphatic carbocycles. The number of nitrogens with zero attached hydrogens (tertiary/aromatic N) is 2. The number of anilines is 1. The second kappa shape index (κ2) is 7.06. The molecular formula is C14H15N2O2. The van der Waals surface area contributed by atoms with Crippen LogP contribution in [0.5, 0.6) is 5.75 Å². The van der Waals surface area contributed by atoms with E-state index >= 15 is 0 Å². The van der Waals surface area contributed by atoms with Crippen LogP contribution in [-0.4, -0.2) is 25.4 Å². The second-order valence-electron chi connectivity index (χ2n) is 3.77. The molecule has 0 spiro atoms. The molecule has 0 fully saturated rings. The highest BCUT2D eigenvalue weighted by molar-refractivity contribution is 5.71. The van der Waals surface area contributed by atoms with Crippen molar-refractivity contribution in [2.45, 2.75) is 0 Å². The Morgan fingerprint density at radius 2 is 1.72 bits per heavy atom. The van der Waals surface area contributed by atoms with Crippen molar-refractivity contribution in [3.63, 3.8) is 0 Å². The van der Waals surface area contributed by atoms with Crippen molar-refractivity contribution >= 4 is 12.0 Å². The lowest BCUT2D eigenvalue weighted by molar-refractivity contribution is 0.111. The van der Waals surface area contributed by atoms with Crippen LogP contribution in [-0.2, 0) is 5.11 Å². The molecule has 18 heavy (non-hydrogen) atoms. The molecule has 0 N–H and O–H groups in total. The SMILES string of the molecule is CN(C)c1ccccc1.[O]c1ccc(C=O)nc1. The van der Waals surface area contributed by atoms with E-state index in [-0.39, 0.29) is 11.4 Å². The lowest BCUT2D eigenvalue weighted by Crippen LogP contribution is -2.07. The Kier molecular flexibility index (Phi) is 5.38. The molecule has 4 nitrogen and oxygen atoms in total. The minimum atomic E-state index is -0.180. The van der Waals surface area contributed by atoms with Crippen LogP contribution in [0.15, 0.2) is 48.7 Å². The third-order valence-corrected chi connectivity index (χ3v) is 2.15. The fourth-order valence-corrected chi connectivity index (χ4v) is 1.19. The molecule has 0 aliphatic heterocycles. The molecule has 93 valence electrons. The Labute approximate surface area is 107 Å². The molecule has 0 saturated heterocycles. The average molecular weight is 243 g/mol. The van der Waals surface area contributed by atoms with Gasteiger partial charge in [0.25, 0.3) is 0 Å². The number of hydrogen-bond acceptors (Lipinski definition) is 3. The van der Waals surface area contributed by atoms with Gasteiger partial charge in [0.2, 0.25) is 0 Å². The summed E-state index contributed by atoms with van der Waals surface area (Å²) in [6.45, 7) is 0. The van der Waals surface area contributed by atoms with Crippen molar-refractivity contribution in [2.75, 3.05) is 19.0 Å². The van der Waals surface area contributed by atoms with E-state index in [1.165, 1.54) is 17.8 Å². The molecule has 2 aromatic rings. The maximum absolute atomic E-state index is 10.4. The molecule has 2 rings (SSSR count). The summed E-state index contributed by atoms with van der Waals surface area (Å²) in [5.41, 5.74) is 1.53. The smallest absolute Gasteiger partial charge is 0.196 e. The number of para-hydroxylation sites is 1. The molecule has 1 heterocycles. The van der Waals surface area contributed by atoms with Crippen molar-refractivity contribution in [3.8, 4) is 5.75 Å². The molecule has 0 unspecified atom stereocenters. The third-order valence-electron chi connectivity index (χ3n) is 2.15. The van der Waals surface area contributed by atoms with Crippen LogP contribution in [0.25, 0.3) is 0 Å². The Hall–Kier alpha value is -2.36. The standard InChI is InChI=1S/C8H11N.C6H4NO2/c1-9(2)8-6-4-3-5-7-8;8-4-5-1-2-6(9)3-7-5/h3-7H,1-2H3;1-4H. The van der Waals surface area contributed by atoms with Gasteiger partial charge in [0, 0.05) is 19.8 Å². The minimum absolute atomic E-state index is 0.180. The molecule has 1 aromatic heterocycles. The molecule has 1 radical (unpaired) electrons. The van der Waals surface area contributed by atoms with Crippen LogP contribution in [0.3, 0.4) is 0 Å². The van der Waals surface area contributed by atoms with Gasteiger partial charge in [-0.25, -0.2) is 4.98 Å². The summed E-state index contributed by atoms with van der Waals surface area (Å²) in [6.07, 6.45) is 1.71. The molecule has 0 atom stereocenters. The Bertz CT molecular complexity index is 467. The van der Waals surface area contributed by atoms with Crippen molar-refractivity contribution in [1.82, 2.24) is 4.98 Å². The first kappa shape index (κ1) is 13.7. The van der Waals surface area contributed by atoms with Gasteiger partial charge in [-0.2, -0.15) is 0 Å². The Balaban J connectivity index is 0.000000180. The summed E-state index contributed by atoms with van der Waals surface area (Å²) in [5, 5.41) is 10.4. The highest BCUT2D eigenvalue weighted by Crippen LogP contribution is 2.07. The van der Waals surface area contributed by atoms with E-state index < -0.39 is 0 Å². The van der Waals surface area contributed by atoms with Gasteiger partial charge in [-0.3, -0.25) is 9.90 Å². The van der Waals surface area contributed by atoms with Crippen LogP contribution in [0.2, 0.25) is 0 Å². The molecule has 0 bridgehead atoms. The van der Waals surface area contributed by atoms with E-state index in [1.54, 1.807) is 0 Å². The summed E-state index contributed by atoms with van der Waals surface area (Å²) < 4.78 is 0. The number of pyridine rings is 1. The molecule has 0 aliphatic rings. The monoisotopic (exact) mass is 243 g/mol. The zero-order valence-electron chi connectivity index (χ0n) is 10.4. The van der Waals surface area contributed by atoms with E-state index in [0.717, 1.165) is 6.20 Å². The van der Waals surface area contributed by atoms with Gasteiger partial charge in [0.1, 0.15) is 5.69 Å². The predicted molar refractivity (Wildman–Crippen MR) is 70.5 cm³/mol. The normalized spacial score (nSPS) is 9.00. The number of rotatable bonds is 2. The topological polar surface area (TPSA) is 53.1 Å². The van der Waals surface area contributed by atoms with E-state index in [0.29, 0.717) is 6.29 Å². The van der Waals surface area contributed by atoms with Crippen LogP contribution in [0, 0.1) is 0 Å². The van der Waals surface area contributed by atoms with Gasteiger partial charge < -0.3 is 4.90 Å². The third kappa shape index (κ3) is 4.65. The highest BCUT2D eigenvalue weighted by Gasteiger charge is 1.90. The number of aromatic nitrogens is 1. The molecule has 1 aromatic carbocycles. The van der Waals surface area contributed by atoms with Crippen molar-refractivity contribution in [3.05, 3.63) is 54.4 Å². The minimum Gasteiger partial charge on any atom is -0.378 e. The fourth-order valence-electron chi connectivity index (χ4n) is 1.19. The van der Waals surface area contributed by atoms with Crippen LogP contribution in [0.4, 0.5) is 5.69 Å². The molecule has 4 heteroatoms.